The molecular weight excluding hydrogens is 324 g/mol. The molecule has 0 saturated carbocycles. The second-order valence-corrected chi connectivity index (χ2v) is 5.65. The van der Waals surface area contributed by atoms with Crippen LogP contribution in [-0.4, -0.2) is 32.7 Å². The summed E-state index contributed by atoms with van der Waals surface area (Å²) in [4.78, 5) is 28.5. The topological polar surface area (TPSA) is 99.3 Å². The quantitative estimate of drug-likeness (QED) is 0.709. The number of rotatable bonds is 5. The van der Waals surface area contributed by atoms with Crippen LogP contribution < -0.4 is 5.32 Å². The van der Waals surface area contributed by atoms with Gasteiger partial charge in [0, 0.05) is 18.6 Å². The van der Waals surface area contributed by atoms with E-state index in [1.54, 1.807) is 29.9 Å². The fourth-order valence-electron chi connectivity index (χ4n) is 2.43. The summed E-state index contributed by atoms with van der Waals surface area (Å²) in [6, 6.07) is 5.14. The largest absolute Gasteiger partial charge is 0.467 e. The molecule has 0 spiro atoms. The molecule has 0 fully saturated rings. The van der Waals surface area contributed by atoms with Gasteiger partial charge in [0.2, 0.25) is 0 Å². The molecule has 0 aliphatic rings. The second kappa shape index (κ2) is 6.76. The molecule has 25 heavy (non-hydrogen) atoms. The molecule has 0 aromatic carbocycles. The van der Waals surface area contributed by atoms with Crippen LogP contribution >= 0.6 is 0 Å². The van der Waals surface area contributed by atoms with Gasteiger partial charge in [0.1, 0.15) is 5.76 Å². The first-order chi connectivity index (χ1) is 12.0. The Morgan fingerprint density at radius 1 is 1.44 bits per heavy atom. The molecule has 8 nitrogen and oxygen atoms in total. The number of hydrogen-bond acceptors (Lipinski definition) is 6. The maximum absolute atomic E-state index is 12.3. The van der Waals surface area contributed by atoms with Crippen molar-refractivity contribution in [3.63, 3.8) is 0 Å². The van der Waals surface area contributed by atoms with E-state index in [-0.39, 0.29) is 12.1 Å². The Morgan fingerprint density at radius 2 is 2.24 bits per heavy atom. The lowest BCUT2D eigenvalue weighted by Gasteiger charge is -2.13. The monoisotopic (exact) mass is 342 g/mol. The van der Waals surface area contributed by atoms with E-state index in [4.69, 9.17) is 9.15 Å². The lowest BCUT2D eigenvalue weighted by molar-refractivity contribution is -0.129. The Morgan fingerprint density at radius 3 is 2.96 bits per heavy atom. The number of carbonyl (C=O) groups is 2. The minimum absolute atomic E-state index is 0.232. The van der Waals surface area contributed by atoms with Gasteiger partial charge in [0.25, 0.3) is 5.91 Å². The summed E-state index contributed by atoms with van der Waals surface area (Å²) in [7, 11) is 1.78. The van der Waals surface area contributed by atoms with Gasteiger partial charge in [0.05, 0.1) is 24.1 Å². The van der Waals surface area contributed by atoms with Gasteiger partial charge in [-0.05, 0) is 32.0 Å². The number of aromatic nitrogens is 3. The number of fused-ring (bicyclic) bond motifs is 1. The molecule has 1 atom stereocenters. The van der Waals surface area contributed by atoms with E-state index < -0.39 is 18.0 Å². The molecule has 8 heteroatoms. The lowest BCUT2D eigenvalue weighted by atomic mass is 10.2. The average molecular weight is 342 g/mol. The van der Waals surface area contributed by atoms with E-state index in [2.05, 4.69) is 15.4 Å². The van der Waals surface area contributed by atoms with Crippen LogP contribution in [0.15, 0.2) is 35.1 Å². The highest BCUT2D eigenvalue weighted by Crippen LogP contribution is 2.17. The zero-order valence-electron chi connectivity index (χ0n) is 14.1. The van der Waals surface area contributed by atoms with Crippen molar-refractivity contribution in [1.29, 1.82) is 0 Å². The maximum Gasteiger partial charge on any atom is 0.340 e. The molecule has 0 aliphatic heterocycles. The van der Waals surface area contributed by atoms with Crippen molar-refractivity contribution in [1.82, 2.24) is 20.1 Å². The second-order valence-electron chi connectivity index (χ2n) is 5.65. The number of nitrogens with zero attached hydrogens (tertiary/aromatic N) is 3. The molecule has 3 heterocycles. The first-order valence-corrected chi connectivity index (χ1v) is 7.76. The van der Waals surface area contributed by atoms with Crippen molar-refractivity contribution in [2.45, 2.75) is 26.5 Å². The van der Waals surface area contributed by atoms with Gasteiger partial charge < -0.3 is 14.5 Å². The predicted octanol–water partition coefficient (Wildman–Crippen LogP) is 1.73. The van der Waals surface area contributed by atoms with E-state index in [9.17, 15) is 9.59 Å². The molecule has 3 aromatic heterocycles. The molecule has 1 unspecified atom stereocenters. The Labute approximate surface area is 143 Å². The van der Waals surface area contributed by atoms with Gasteiger partial charge in [-0.2, -0.15) is 5.10 Å². The molecule has 0 saturated heterocycles. The highest BCUT2D eigenvalue weighted by molar-refractivity contribution is 5.95. The molecule has 0 aliphatic carbocycles. The van der Waals surface area contributed by atoms with Gasteiger partial charge in [-0.15, -0.1) is 0 Å². The third-order valence-corrected chi connectivity index (χ3v) is 3.77. The number of hydrogen-bond donors (Lipinski definition) is 1. The van der Waals surface area contributed by atoms with E-state index >= 15 is 0 Å². The van der Waals surface area contributed by atoms with Crippen LogP contribution in [0.4, 0.5) is 0 Å². The lowest BCUT2D eigenvalue weighted by Crippen LogP contribution is -2.35. The van der Waals surface area contributed by atoms with Crippen molar-refractivity contribution in [2.75, 3.05) is 0 Å². The van der Waals surface area contributed by atoms with Gasteiger partial charge >= 0.3 is 5.97 Å². The summed E-state index contributed by atoms with van der Waals surface area (Å²) in [5, 5.41) is 7.67. The Bertz CT molecular complexity index is 914. The third kappa shape index (κ3) is 3.52. The number of aryl methyl sites for hydroxylation is 2. The summed E-state index contributed by atoms with van der Waals surface area (Å²) < 4.78 is 12.0. The standard InChI is InChI=1S/C17H18N4O4/c1-10-14-7-12(8-18-15(14)21(3)20-10)17(23)25-11(2)16(22)19-9-13-5-4-6-24-13/h4-8,11H,9H2,1-3H3,(H,19,22). The molecule has 0 radical (unpaired) electrons. The van der Waals surface area contributed by atoms with Crippen molar-refractivity contribution in [3.05, 3.63) is 47.7 Å². The first kappa shape index (κ1) is 16.7. The zero-order valence-corrected chi connectivity index (χ0v) is 14.1. The van der Waals surface area contributed by atoms with Crippen LogP contribution in [0.2, 0.25) is 0 Å². The van der Waals surface area contributed by atoms with E-state index in [0.717, 1.165) is 11.1 Å². The first-order valence-electron chi connectivity index (χ1n) is 7.76. The molecule has 3 rings (SSSR count). The van der Waals surface area contributed by atoms with Crippen molar-refractivity contribution < 1.29 is 18.7 Å². The van der Waals surface area contributed by atoms with Crippen molar-refractivity contribution in [3.8, 4) is 0 Å². The van der Waals surface area contributed by atoms with Crippen LogP contribution in [0.5, 0.6) is 0 Å². The summed E-state index contributed by atoms with van der Waals surface area (Å²) in [6.45, 7) is 3.58. The van der Waals surface area contributed by atoms with Gasteiger partial charge in [-0.3, -0.25) is 9.48 Å². The fraction of sp³-hybridized carbons (Fsp3) is 0.294. The number of esters is 1. The van der Waals surface area contributed by atoms with Crippen molar-refractivity contribution in [2.24, 2.45) is 7.05 Å². The summed E-state index contributed by atoms with van der Waals surface area (Å²) in [6.07, 6.45) is 2.00. The predicted molar refractivity (Wildman–Crippen MR) is 88.7 cm³/mol. The third-order valence-electron chi connectivity index (χ3n) is 3.77. The zero-order chi connectivity index (χ0) is 18.0. The van der Waals surface area contributed by atoms with E-state index in [0.29, 0.717) is 11.4 Å². The molecule has 3 aromatic rings. The Kier molecular flexibility index (Phi) is 4.51. The number of amides is 1. The maximum atomic E-state index is 12.3. The molecule has 0 bridgehead atoms. The average Bonchev–Trinajstić information content (AvgIpc) is 3.21. The van der Waals surface area contributed by atoms with Gasteiger partial charge in [-0.1, -0.05) is 0 Å². The summed E-state index contributed by atoms with van der Waals surface area (Å²) in [5.41, 5.74) is 1.72. The van der Waals surface area contributed by atoms with E-state index in [1.807, 2.05) is 6.92 Å². The normalized spacial score (nSPS) is 12.1. The van der Waals surface area contributed by atoms with Gasteiger partial charge in [0.15, 0.2) is 11.8 Å². The molecule has 130 valence electrons. The molecular formula is C17H18N4O4. The summed E-state index contributed by atoms with van der Waals surface area (Å²) >= 11 is 0. The van der Waals surface area contributed by atoms with Gasteiger partial charge in [-0.25, -0.2) is 9.78 Å². The number of carbonyl (C=O) groups excluding carboxylic acids is 2. The smallest absolute Gasteiger partial charge is 0.340 e. The number of ether oxygens (including phenoxy) is 1. The van der Waals surface area contributed by atoms with Crippen LogP contribution in [0.25, 0.3) is 11.0 Å². The Balaban J connectivity index is 1.64. The van der Waals surface area contributed by atoms with Crippen LogP contribution in [0, 0.1) is 6.92 Å². The molecule has 1 N–H and O–H groups in total. The minimum Gasteiger partial charge on any atom is -0.467 e. The number of nitrogens with one attached hydrogen (secondary N) is 1. The van der Waals surface area contributed by atoms with E-state index in [1.165, 1.54) is 19.4 Å². The number of pyridine rings is 1. The van der Waals surface area contributed by atoms with Crippen molar-refractivity contribution >= 4 is 22.9 Å². The Hall–Kier alpha value is -3.16. The summed E-state index contributed by atoms with van der Waals surface area (Å²) in [5.74, 6) is -0.400. The van der Waals surface area contributed by atoms with Crippen LogP contribution in [0.3, 0.4) is 0 Å². The molecule has 1 amide bonds. The highest BCUT2D eigenvalue weighted by atomic mass is 16.5. The van der Waals surface area contributed by atoms with Crippen LogP contribution in [-0.2, 0) is 23.1 Å². The van der Waals surface area contributed by atoms with Crippen LogP contribution in [0.1, 0.15) is 28.7 Å². The fourth-order valence-corrected chi connectivity index (χ4v) is 2.43. The SMILES string of the molecule is Cc1nn(C)c2ncc(C(=O)OC(C)C(=O)NCc3ccco3)cc12. The number of furan rings is 1. The highest BCUT2D eigenvalue weighted by Gasteiger charge is 2.20. The minimum atomic E-state index is -0.937.